The molecule has 0 bridgehead atoms. The van der Waals surface area contributed by atoms with Gasteiger partial charge in [0.25, 0.3) is 0 Å². The van der Waals surface area contributed by atoms with Crippen LogP contribution in [-0.2, 0) is 4.79 Å². The van der Waals surface area contributed by atoms with Crippen molar-refractivity contribution < 1.29 is 9.53 Å². The SMILES string of the molecule is Nc1cc(OC2CCC(=O)CC2)ccn1. The molecule has 0 radical (unpaired) electrons. The number of ether oxygens (including phenoxy) is 1. The number of nitrogen functional groups attached to an aromatic ring is 1. The van der Waals surface area contributed by atoms with Gasteiger partial charge < -0.3 is 10.5 Å². The maximum atomic E-state index is 11.0. The van der Waals surface area contributed by atoms with E-state index in [1.165, 1.54) is 0 Å². The van der Waals surface area contributed by atoms with Crippen LogP contribution in [0.2, 0.25) is 0 Å². The fraction of sp³-hybridized carbons (Fsp3) is 0.455. The van der Waals surface area contributed by atoms with Crippen LogP contribution in [-0.4, -0.2) is 16.9 Å². The molecular formula is C11H14N2O2. The number of hydrogen-bond acceptors (Lipinski definition) is 4. The van der Waals surface area contributed by atoms with Crippen molar-refractivity contribution in [3.8, 4) is 5.75 Å². The molecule has 2 N–H and O–H groups in total. The zero-order valence-corrected chi connectivity index (χ0v) is 8.48. The number of rotatable bonds is 2. The molecule has 0 atom stereocenters. The van der Waals surface area contributed by atoms with Crippen LogP contribution < -0.4 is 10.5 Å². The van der Waals surface area contributed by atoms with Crippen LogP contribution in [0.15, 0.2) is 18.3 Å². The van der Waals surface area contributed by atoms with Crippen LogP contribution in [0.4, 0.5) is 5.82 Å². The number of ketones is 1. The topological polar surface area (TPSA) is 65.2 Å². The quantitative estimate of drug-likeness (QED) is 0.797. The molecular weight excluding hydrogens is 192 g/mol. The molecule has 1 fully saturated rings. The van der Waals surface area contributed by atoms with Gasteiger partial charge in [0.05, 0.1) is 6.10 Å². The van der Waals surface area contributed by atoms with Gasteiger partial charge in [-0.1, -0.05) is 0 Å². The lowest BCUT2D eigenvalue weighted by Crippen LogP contribution is -2.24. The standard InChI is InChI=1S/C11H14N2O2/c12-11-7-10(5-6-13-11)15-9-3-1-8(14)2-4-9/h5-7,9H,1-4H2,(H2,12,13). The Hall–Kier alpha value is -1.58. The van der Waals surface area contributed by atoms with E-state index in [-0.39, 0.29) is 6.10 Å². The van der Waals surface area contributed by atoms with Gasteiger partial charge in [-0.15, -0.1) is 0 Å². The molecule has 1 aromatic heterocycles. The Morgan fingerprint density at radius 3 is 2.80 bits per heavy atom. The molecule has 80 valence electrons. The van der Waals surface area contributed by atoms with Gasteiger partial charge in [-0.3, -0.25) is 4.79 Å². The summed E-state index contributed by atoms with van der Waals surface area (Å²) in [5, 5.41) is 0. The molecule has 0 unspecified atom stereocenters. The van der Waals surface area contributed by atoms with E-state index in [2.05, 4.69) is 4.98 Å². The van der Waals surface area contributed by atoms with Gasteiger partial charge in [0.2, 0.25) is 0 Å². The highest BCUT2D eigenvalue weighted by Crippen LogP contribution is 2.22. The lowest BCUT2D eigenvalue weighted by Gasteiger charge is -2.22. The number of Topliss-reactive ketones (excluding diaryl/α,β-unsaturated/α-hetero) is 1. The fourth-order valence-electron chi connectivity index (χ4n) is 1.72. The molecule has 1 aromatic rings. The highest BCUT2D eigenvalue weighted by Gasteiger charge is 2.19. The summed E-state index contributed by atoms with van der Waals surface area (Å²) < 4.78 is 5.71. The summed E-state index contributed by atoms with van der Waals surface area (Å²) in [5.74, 6) is 1.53. The molecule has 0 amide bonds. The van der Waals surface area contributed by atoms with E-state index < -0.39 is 0 Å². The predicted octanol–water partition coefficient (Wildman–Crippen LogP) is 1.55. The lowest BCUT2D eigenvalue weighted by molar-refractivity contribution is -0.121. The van der Waals surface area contributed by atoms with E-state index in [1.807, 2.05) is 0 Å². The van der Waals surface area contributed by atoms with Crippen molar-refractivity contribution in [3.05, 3.63) is 18.3 Å². The van der Waals surface area contributed by atoms with Crippen molar-refractivity contribution in [1.82, 2.24) is 4.98 Å². The van der Waals surface area contributed by atoms with E-state index in [0.29, 0.717) is 24.4 Å². The Morgan fingerprint density at radius 1 is 1.40 bits per heavy atom. The summed E-state index contributed by atoms with van der Waals surface area (Å²) in [5.41, 5.74) is 5.54. The van der Waals surface area contributed by atoms with E-state index in [9.17, 15) is 4.79 Å². The molecule has 1 aliphatic carbocycles. The fourth-order valence-corrected chi connectivity index (χ4v) is 1.72. The number of nitrogens with two attached hydrogens (primary N) is 1. The molecule has 1 saturated carbocycles. The molecule has 0 aliphatic heterocycles. The van der Waals surface area contributed by atoms with Gasteiger partial charge in [-0.25, -0.2) is 4.98 Å². The monoisotopic (exact) mass is 206 g/mol. The number of aromatic nitrogens is 1. The molecule has 1 aliphatic rings. The second kappa shape index (κ2) is 4.29. The molecule has 0 saturated heterocycles. The normalized spacial score (nSPS) is 17.7. The van der Waals surface area contributed by atoms with E-state index in [0.717, 1.165) is 18.6 Å². The average Bonchev–Trinajstić information content (AvgIpc) is 2.22. The van der Waals surface area contributed by atoms with E-state index in [1.54, 1.807) is 18.3 Å². The first-order valence-electron chi connectivity index (χ1n) is 5.14. The van der Waals surface area contributed by atoms with Gasteiger partial charge in [0, 0.05) is 25.1 Å². The number of pyridine rings is 1. The van der Waals surface area contributed by atoms with Gasteiger partial charge in [0.15, 0.2) is 0 Å². The number of nitrogens with zero attached hydrogens (tertiary/aromatic N) is 1. The molecule has 1 heterocycles. The first-order valence-corrected chi connectivity index (χ1v) is 5.14. The highest BCUT2D eigenvalue weighted by molar-refractivity contribution is 5.79. The molecule has 2 rings (SSSR count). The Labute approximate surface area is 88.4 Å². The molecule has 4 nitrogen and oxygen atoms in total. The number of hydrogen-bond donors (Lipinski definition) is 1. The minimum absolute atomic E-state index is 0.143. The van der Waals surface area contributed by atoms with Crippen molar-refractivity contribution in [2.75, 3.05) is 5.73 Å². The summed E-state index contributed by atoms with van der Waals surface area (Å²) in [6, 6.07) is 3.49. The second-order valence-corrected chi connectivity index (χ2v) is 3.77. The Bertz CT molecular complexity index is 355. The van der Waals surface area contributed by atoms with Gasteiger partial charge >= 0.3 is 0 Å². The first-order chi connectivity index (χ1) is 7.24. The number of carbonyl (C=O) groups excluding carboxylic acids is 1. The van der Waals surface area contributed by atoms with Crippen LogP contribution in [0.5, 0.6) is 5.75 Å². The maximum Gasteiger partial charge on any atom is 0.133 e. The van der Waals surface area contributed by atoms with Crippen LogP contribution in [0.25, 0.3) is 0 Å². The number of carbonyl (C=O) groups is 1. The van der Waals surface area contributed by atoms with Crippen molar-refractivity contribution >= 4 is 11.6 Å². The van der Waals surface area contributed by atoms with Crippen molar-refractivity contribution in [2.24, 2.45) is 0 Å². The van der Waals surface area contributed by atoms with Crippen LogP contribution >= 0.6 is 0 Å². The van der Waals surface area contributed by atoms with Crippen molar-refractivity contribution in [3.63, 3.8) is 0 Å². The maximum absolute atomic E-state index is 11.0. The summed E-state index contributed by atoms with van der Waals surface area (Å²) in [4.78, 5) is 14.9. The summed E-state index contributed by atoms with van der Waals surface area (Å²) >= 11 is 0. The second-order valence-electron chi connectivity index (χ2n) is 3.77. The average molecular weight is 206 g/mol. The Morgan fingerprint density at radius 2 is 2.13 bits per heavy atom. The lowest BCUT2D eigenvalue weighted by atomic mass is 9.96. The van der Waals surface area contributed by atoms with Gasteiger partial charge in [-0.05, 0) is 18.9 Å². The zero-order valence-electron chi connectivity index (χ0n) is 8.48. The van der Waals surface area contributed by atoms with Crippen molar-refractivity contribution in [1.29, 1.82) is 0 Å². The summed E-state index contributed by atoms with van der Waals surface area (Å²) in [6.45, 7) is 0. The number of anilines is 1. The minimum Gasteiger partial charge on any atom is -0.490 e. The third-order valence-corrected chi connectivity index (χ3v) is 2.55. The predicted molar refractivity (Wildman–Crippen MR) is 56.5 cm³/mol. The van der Waals surface area contributed by atoms with Crippen molar-refractivity contribution in [2.45, 2.75) is 31.8 Å². The minimum atomic E-state index is 0.143. The third kappa shape index (κ3) is 2.68. The highest BCUT2D eigenvalue weighted by atomic mass is 16.5. The van der Waals surface area contributed by atoms with Gasteiger partial charge in [0.1, 0.15) is 17.4 Å². The van der Waals surface area contributed by atoms with Crippen LogP contribution in [0.3, 0.4) is 0 Å². The van der Waals surface area contributed by atoms with Gasteiger partial charge in [-0.2, -0.15) is 0 Å². The molecule has 4 heteroatoms. The summed E-state index contributed by atoms with van der Waals surface area (Å²) in [6.07, 6.45) is 4.64. The first kappa shape index (κ1) is 9.96. The Balaban J connectivity index is 1.94. The van der Waals surface area contributed by atoms with E-state index in [4.69, 9.17) is 10.5 Å². The third-order valence-electron chi connectivity index (χ3n) is 2.55. The smallest absolute Gasteiger partial charge is 0.133 e. The summed E-state index contributed by atoms with van der Waals surface area (Å²) in [7, 11) is 0. The molecule has 0 spiro atoms. The largest absolute Gasteiger partial charge is 0.490 e. The molecule has 0 aromatic carbocycles. The zero-order chi connectivity index (χ0) is 10.7. The van der Waals surface area contributed by atoms with Crippen LogP contribution in [0, 0.1) is 0 Å². The Kier molecular flexibility index (Phi) is 2.85. The molecule has 15 heavy (non-hydrogen) atoms. The van der Waals surface area contributed by atoms with Crippen LogP contribution in [0.1, 0.15) is 25.7 Å². The van der Waals surface area contributed by atoms with E-state index >= 15 is 0 Å².